The van der Waals surface area contributed by atoms with E-state index in [1.807, 2.05) is 65.8 Å². The Morgan fingerprint density at radius 1 is 0.926 bits per heavy atom. The number of nitrogens with zero attached hydrogens (tertiary/aromatic N) is 1. The summed E-state index contributed by atoms with van der Waals surface area (Å²) >= 11 is 12.2. The van der Waals surface area contributed by atoms with Crippen LogP contribution in [0.2, 0.25) is 10.3 Å². The van der Waals surface area contributed by atoms with Gasteiger partial charge in [-0.05, 0) is 82.0 Å². The fourth-order valence-corrected chi connectivity index (χ4v) is 4.00. The van der Waals surface area contributed by atoms with Crippen molar-refractivity contribution >= 4 is 34.6 Å². The zero-order valence-electron chi connectivity index (χ0n) is 16.4. The number of hydrogen-bond acceptors (Lipinski definition) is 3. The lowest BCUT2D eigenvalue weighted by Gasteiger charge is -2.42. The molecule has 3 rings (SSSR count). The van der Waals surface area contributed by atoms with Gasteiger partial charge in [-0.3, -0.25) is 4.79 Å². The number of ether oxygens (including phenoxy) is 1. The zero-order valence-corrected chi connectivity index (χ0v) is 17.9. The van der Waals surface area contributed by atoms with E-state index < -0.39 is 11.2 Å². The Morgan fingerprint density at radius 2 is 1.59 bits per heavy atom. The summed E-state index contributed by atoms with van der Waals surface area (Å²) in [5.74, 6) is -0.0140. The molecule has 1 aromatic carbocycles. The zero-order chi connectivity index (χ0) is 20.1. The highest BCUT2D eigenvalue weighted by Gasteiger charge is 2.45. The molecule has 3 nitrogen and oxygen atoms in total. The number of hydrogen-bond donors (Lipinski definition) is 0. The first-order valence-corrected chi connectivity index (χ1v) is 9.59. The number of aromatic nitrogens is 1. The number of ketones is 1. The van der Waals surface area contributed by atoms with Gasteiger partial charge in [0.05, 0.1) is 5.60 Å². The molecule has 0 spiro atoms. The highest BCUT2D eigenvalue weighted by Crippen LogP contribution is 2.42. The standard InChI is InChI=1S/C22H23Cl2NO2/c1-12-7-8-14(15-9-10-17(23)25-20(15)24)11-16(12)18-13(2)21(3,4)27-22(5,6)19(18)26/h7-11H,1-6H3. The SMILES string of the molecule is CC1=C(c2cc(-c3ccc(Cl)nc3Cl)ccc2C)C(=O)C(C)(C)OC1(C)C. The number of Topliss-reactive ketones (excluding diaryl/α,β-unsaturated/α-hetero) is 1. The van der Waals surface area contributed by atoms with Gasteiger partial charge in [0.15, 0.2) is 5.78 Å². The van der Waals surface area contributed by atoms with E-state index in [0.29, 0.717) is 15.9 Å². The van der Waals surface area contributed by atoms with Crippen LogP contribution in [0, 0.1) is 6.92 Å². The predicted molar refractivity (Wildman–Crippen MR) is 111 cm³/mol. The van der Waals surface area contributed by atoms with Gasteiger partial charge in [0.2, 0.25) is 0 Å². The molecule has 0 unspecified atom stereocenters. The van der Waals surface area contributed by atoms with Crippen LogP contribution in [0.1, 0.15) is 45.7 Å². The van der Waals surface area contributed by atoms with Crippen molar-refractivity contribution in [3.8, 4) is 11.1 Å². The Hall–Kier alpha value is -1.68. The Morgan fingerprint density at radius 3 is 2.22 bits per heavy atom. The largest absolute Gasteiger partial charge is 0.357 e. The van der Waals surface area contributed by atoms with Crippen LogP contribution >= 0.6 is 23.2 Å². The summed E-state index contributed by atoms with van der Waals surface area (Å²) in [5.41, 5.74) is 3.80. The van der Waals surface area contributed by atoms with Crippen molar-refractivity contribution in [2.75, 3.05) is 0 Å². The average molecular weight is 404 g/mol. The summed E-state index contributed by atoms with van der Waals surface area (Å²) in [4.78, 5) is 17.3. The molecular formula is C22H23Cl2NO2. The van der Waals surface area contributed by atoms with Crippen molar-refractivity contribution in [1.29, 1.82) is 0 Å². The average Bonchev–Trinajstić information content (AvgIpc) is 2.55. The van der Waals surface area contributed by atoms with Gasteiger partial charge in [-0.1, -0.05) is 35.3 Å². The molecule has 27 heavy (non-hydrogen) atoms. The van der Waals surface area contributed by atoms with E-state index in [1.54, 1.807) is 6.07 Å². The van der Waals surface area contributed by atoms with Crippen molar-refractivity contribution in [2.24, 2.45) is 0 Å². The van der Waals surface area contributed by atoms with Gasteiger partial charge in [-0.15, -0.1) is 0 Å². The van der Waals surface area contributed by atoms with Crippen LogP contribution in [0.4, 0.5) is 0 Å². The summed E-state index contributed by atoms with van der Waals surface area (Å²) in [6.45, 7) is 11.6. The predicted octanol–water partition coefficient (Wildman–Crippen LogP) is 6.29. The maximum Gasteiger partial charge on any atom is 0.194 e. The normalized spacial score (nSPS) is 18.7. The number of aryl methyl sites for hydroxylation is 1. The summed E-state index contributed by atoms with van der Waals surface area (Å²) in [5, 5.41) is 0.680. The maximum atomic E-state index is 13.2. The first-order valence-electron chi connectivity index (χ1n) is 8.84. The second kappa shape index (κ2) is 6.73. The van der Waals surface area contributed by atoms with E-state index in [2.05, 4.69) is 4.98 Å². The monoisotopic (exact) mass is 403 g/mol. The van der Waals surface area contributed by atoms with Crippen LogP contribution in [-0.2, 0) is 9.53 Å². The van der Waals surface area contributed by atoms with Gasteiger partial charge in [-0.2, -0.15) is 0 Å². The molecule has 0 fully saturated rings. The molecule has 1 aromatic heterocycles. The third-order valence-electron chi connectivity index (χ3n) is 5.19. The molecule has 0 N–H and O–H groups in total. The lowest BCUT2D eigenvalue weighted by atomic mass is 9.78. The molecular weight excluding hydrogens is 381 g/mol. The minimum absolute atomic E-state index is 0.0140. The first kappa shape index (κ1) is 20.1. The first-order chi connectivity index (χ1) is 12.4. The van der Waals surface area contributed by atoms with E-state index >= 15 is 0 Å². The van der Waals surface area contributed by atoms with Gasteiger partial charge in [0.1, 0.15) is 15.9 Å². The number of benzene rings is 1. The van der Waals surface area contributed by atoms with Gasteiger partial charge < -0.3 is 4.74 Å². The van der Waals surface area contributed by atoms with Gasteiger partial charge in [0.25, 0.3) is 0 Å². The molecule has 0 radical (unpaired) electrons. The maximum absolute atomic E-state index is 13.2. The summed E-state index contributed by atoms with van der Waals surface area (Å²) in [6, 6.07) is 9.52. The summed E-state index contributed by atoms with van der Waals surface area (Å²) in [7, 11) is 0. The molecule has 1 aliphatic rings. The highest BCUT2D eigenvalue weighted by molar-refractivity contribution is 6.34. The Kier molecular flexibility index (Phi) is 5.00. The van der Waals surface area contributed by atoms with Crippen molar-refractivity contribution in [2.45, 2.75) is 52.7 Å². The van der Waals surface area contributed by atoms with Crippen LogP contribution in [0.25, 0.3) is 16.7 Å². The van der Waals surface area contributed by atoms with Crippen molar-refractivity contribution < 1.29 is 9.53 Å². The van der Waals surface area contributed by atoms with Crippen LogP contribution < -0.4 is 0 Å². The molecule has 0 saturated carbocycles. The van der Waals surface area contributed by atoms with Gasteiger partial charge >= 0.3 is 0 Å². The topological polar surface area (TPSA) is 39.2 Å². The quantitative estimate of drug-likeness (QED) is 0.552. The highest BCUT2D eigenvalue weighted by atomic mass is 35.5. The van der Waals surface area contributed by atoms with Crippen LogP contribution in [0.5, 0.6) is 0 Å². The molecule has 2 aromatic rings. The van der Waals surface area contributed by atoms with Gasteiger partial charge in [0, 0.05) is 11.1 Å². The van der Waals surface area contributed by atoms with Gasteiger partial charge in [-0.25, -0.2) is 4.98 Å². The molecule has 1 aliphatic heterocycles. The number of halogens is 2. The molecule has 142 valence electrons. The molecule has 0 saturated heterocycles. The summed E-state index contributed by atoms with van der Waals surface area (Å²) < 4.78 is 6.07. The molecule has 0 atom stereocenters. The molecule has 0 aliphatic carbocycles. The second-order valence-corrected chi connectivity index (χ2v) is 8.70. The fraction of sp³-hybridized carbons (Fsp3) is 0.364. The minimum atomic E-state index is -0.889. The third kappa shape index (κ3) is 3.56. The number of carbonyl (C=O) groups is 1. The van der Waals surface area contributed by atoms with Crippen LogP contribution in [-0.4, -0.2) is 22.0 Å². The Balaban J connectivity index is 2.24. The molecule has 5 heteroatoms. The number of carbonyl (C=O) groups excluding carboxylic acids is 1. The molecule has 2 heterocycles. The fourth-order valence-electron chi connectivity index (χ4n) is 3.54. The lowest BCUT2D eigenvalue weighted by molar-refractivity contribution is -0.152. The molecule has 0 bridgehead atoms. The minimum Gasteiger partial charge on any atom is -0.357 e. The van der Waals surface area contributed by atoms with E-state index in [-0.39, 0.29) is 5.78 Å². The van der Waals surface area contributed by atoms with Crippen molar-refractivity contribution in [1.82, 2.24) is 4.98 Å². The second-order valence-electron chi connectivity index (χ2n) is 7.95. The van der Waals surface area contributed by atoms with E-state index in [1.165, 1.54) is 0 Å². The van der Waals surface area contributed by atoms with E-state index in [0.717, 1.165) is 27.8 Å². The van der Waals surface area contributed by atoms with Crippen molar-refractivity contribution in [3.63, 3.8) is 0 Å². The van der Waals surface area contributed by atoms with E-state index in [9.17, 15) is 4.79 Å². The van der Waals surface area contributed by atoms with E-state index in [4.69, 9.17) is 27.9 Å². The number of rotatable bonds is 2. The van der Waals surface area contributed by atoms with Crippen LogP contribution in [0.15, 0.2) is 35.9 Å². The smallest absolute Gasteiger partial charge is 0.194 e. The Labute approximate surface area is 170 Å². The third-order valence-corrected chi connectivity index (χ3v) is 5.69. The molecule has 0 amide bonds. The number of pyridine rings is 1. The summed E-state index contributed by atoms with van der Waals surface area (Å²) in [6.07, 6.45) is 0. The van der Waals surface area contributed by atoms with Crippen LogP contribution in [0.3, 0.4) is 0 Å². The lowest BCUT2D eigenvalue weighted by Crippen LogP contribution is -2.49. The Bertz CT molecular complexity index is 974. The van der Waals surface area contributed by atoms with Crippen molar-refractivity contribution in [3.05, 3.63) is 57.3 Å².